The molecule has 7 nitrogen and oxygen atoms in total. The van der Waals surface area contributed by atoms with Gasteiger partial charge in [-0.05, 0) is 32.6 Å². The number of thiazole rings is 1. The molecule has 2 saturated heterocycles. The van der Waals surface area contributed by atoms with Crippen molar-refractivity contribution < 1.29 is 4.79 Å². The zero-order valence-electron chi connectivity index (χ0n) is 15.7. The number of carbonyl (C=O) groups is 1. The highest BCUT2D eigenvalue weighted by atomic mass is 32.1. The van der Waals surface area contributed by atoms with Crippen molar-refractivity contribution in [3.05, 3.63) is 11.1 Å². The molecule has 2 fully saturated rings. The van der Waals surface area contributed by atoms with E-state index in [0.29, 0.717) is 5.96 Å². The minimum atomic E-state index is 0.120. The van der Waals surface area contributed by atoms with Gasteiger partial charge in [0.1, 0.15) is 6.54 Å². The summed E-state index contributed by atoms with van der Waals surface area (Å²) in [6, 6.07) is 0. The first kappa shape index (κ1) is 18.9. The van der Waals surface area contributed by atoms with Gasteiger partial charge in [-0.2, -0.15) is 0 Å². The van der Waals surface area contributed by atoms with Crippen LogP contribution in [0, 0.1) is 0 Å². The predicted molar refractivity (Wildman–Crippen MR) is 107 cm³/mol. The summed E-state index contributed by atoms with van der Waals surface area (Å²) >= 11 is 1.74. The Morgan fingerprint density at radius 1 is 1.19 bits per heavy atom. The lowest BCUT2D eigenvalue weighted by Crippen LogP contribution is -2.39. The minimum absolute atomic E-state index is 0.120. The van der Waals surface area contributed by atoms with E-state index in [4.69, 9.17) is 4.98 Å². The molecule has 1 aromatic rings. The van der Waals surface area contributed by atoms with Gasteiger partial charge in [0.25, 0.3) is 0 Å². The van der Waals surface area contributed by atoms with Gasteiger partial charge in [-0.25, -0.2) is 9.98 Å². The zero-order chi connectivity index (χ0) is 18.2. The van der Waals surface area contributed by atoms with Gasteiger partial charge in [0.15, 0.2) is 11.1 Å². The lowest BCUT2D eigenvalue weighted by Gasteiger charge is -2.15. The van der Waals surface area contributed by atoms with Crippen molar-refractivity contribution in [3.8, 4) is 0 Å². The van der Waals surface area contributed by atoms with Crippen LogP contribution in [0.3, 0.4) is 0 Å². The fraction of sp³-hybridized carbons (Fsp3) is 0.722. The van der Waals surface area contributed by atoms with Crippen molar-refractivity contribution in [2.45, 2.75) is 39.0 Å². The van der Waals surface area contributed by atoms with Crippen LogP contribution < -0.4 is 15.5 Å². The third-order valence-corrected chi connectivity index (χ3v) is 5.72. The number of hydrogen-bond donors (Lipinski definition) is 2. The Kier molecular flexibility index (Phi) is 7.11. The fourth-order valence-corrected chi connectivity index (χ4v) is 4.24. The molecular weight excluding hydrogens is 348 g/mol. The third kappa shape index (κ3) is 5.33. The first-order valence-electron chi connectivity index (χ1n) is 9.75. The number of guanidine groups is 1. The van der Waals surface area contributed by atoms with Crippen LogP contribution in [0.1, 0.15) is 38.3 Å². The second-order valence-electron chi connectivity index (χ2n) is 6.78. The highest BCUT2D eigenvalue weighted by Crippen LogP contribution is 2.24. The van der Waals surface area contributed by atoms with Crippen molar-refractivity contribution in [2.75, 3.05) is 50.7 Å². The van der Waals surface area contributed by atoms with Crippen LogP contribution in [0.15, 0.2) is 10.4 Å². The quantitative estimate of drug-likeness (QED) is 0.555. The Morgan fingerprint density at radius 2 is 1.92 bits per heavy atom. The standard InChI is InChI=1S/C18H30N6OS/c1-2-19-17(21-13-16(25)23-9-3-4-10-23)20-8-7-15-14-26-18(22-15)24-11-5-6-12-24/h14H,2-13H2,1H3,(H2,19,20,21). The molecule has 0 spiro atoms. The van der Waals surface area contributed by atoms with E-state index < -0.39 is 0 Å². The number of nitrogens with one attached hydrogen (secondary N) is 2. The smallest absolute Gasteiger partial charge is 0.244 e. The summed E-state index contributed by atoms with van der Waals surface area (Å²) in [6.45, 7) is 7.80. The lowest BCUT2D eigenvalue weighted by atomic mass is 10.3. The van der Waals surface area contributed by atoms with Gasteiger partial charge in [-0.1, -0.05) is 0 Å². The van der Waals surface area contributed by atoms with E-state index >= 15 is 0 Å². The monoisotopic (exact) mass is 378 g/mol. The van der Waals surface area contributed by atoms with Gasteiger partial charge in [0.2, 0.25) is 5.91 Å². The second kappa shape index (κ2) is 9.75. The Bertz CT molecular complexity index is 605. The van der Waals surface area contributed by atoms with E-state index in [0.717, 1.165) is 69.4 Å². The molecule has 3 heterocycles. The SMILES string of the molecule is CCNC(=NCC(=O)N1CCCC1)NCCc1csc(N2CCCC2)n1. The maximum Gasteiger partial charge on any atom is 0.244 e. The molecule has 2 N–H and O–H groups in total. The van der Waals surface area contributed by atoms with Crippen molar-refractivity contribution in [1.82, 2.24) is 20.5 Å². The largest absolute Gasteiger partial charge is 0.357 e. The van der Waals surface area contributed by atoms with Crippen LogP contribution in [-0.2, 0) is 11.2 Å². The summed E-state index contributed by atoms with van der Waals surface area (Å²) in [5.41, 5.74) is 1.12. The van der Waals surface area contributed by atoms with E-state index in [1.807, 2.05) is 11.8 Å². The number of aromatic nitrogens is 1. The first-order valence-corrected chi connectivity index (χ1v) is 10.6. The highest BCUT2D eigenvalue weighted by Gasteiger charge is 2.17. The lowest BCUT2D eigenvalue weighted by molar-refractivity contribution is -0.128. The molecular formula is C18H30N6OS. The van der Waals surface area contributed by atoms with E-state index in [1.54, 1.807) is 11.3 Å². The van der Waals surface area contributed by atoms with E-state index in [-0.39, 0.29) is 12.5 Å². The van der Waals surface area contributed by atoms with E-state index in [9.17, 15) is 4.79 Å². The van der Waals surface area contributed by atoms with E-state index in [1.165, 1.54) is 12.8 Å². The summed E-state index contributed by atoms with van der Waals surface area (Å²) in [5, 5.41) is 9.82. The summed E-state index contributed by atoms with van der Waals surface area (Å²) in [7, 11) is 0. The number of likely N-dealkylation sites (tertiary alicyclic amines) is 1. The van der Waals surface area contributed by atoms with Crippen LogP contribution in [0.25, 0.3) is 0 Å². The number of carbonyl (C=O) groups excluding carboxylic acids is 1. The summed E-state index contributed by atoms with van der Waals surface area (Å²) < 4.78 is 0. The van der Waals surface area contributed by atoms with Gasteiger partial charge in [0, 0.05) is 51.1 Å². The third-order valence-electron chi connectivity index (χ3n) is 4.77. The normalized spacial score (nSPS) is 17.8. The molecule has 3 rings (SSSR count). The molecule has 0 bridgehead atoms. The number of hydrogen-bond acceptors (Lipinski definition) is 5. The summed E-state index contributed by atoms with van der Waals surface area (Å²) in [6.07, 6.45) is 5.63. The van der Waals surface area contributed by atoms with Gasteiger partial charge < -0.3 is 20.4 Å². The molecule has 0 unspecified atom stereocenters. The molecule has 0 aliphatic carbocycles. The molecule has 2 aliphatic rings. The molecule has 0 atom stereocenters. The summed E-state index contributed by atoms with van der Waals surface area (Å²) in [4.78, 5) is 25.6. The van der Waals surface area contributed by atoms with E-state index in [2.05, 4.69) is 25.9 Å². The molecule has 144 valence electrons. The maximum atomic E-state index is 12.1. The number of amides is 1. The maximum absolute atomic E-state index is 12.1. The van der Waals surface area contributed by atoms with Gasteiger partial charge in [-0.15, -0.1) is 11.3 Å². The Morgan fingerprint density at radius 3 is 2.65 bits per heavy atom. The van der Waals surface area contributed by atoms with Crippen LogP contribution in [0.4, 0.5) is 5.13 Å². The topological polar surface area (TPSA) is 72.9 Å². The van der Waals surface area contributed by atoms with Crippen molar-refractivity contribution in [1.29, 1.82) is 0 Å². The van der Waals surface area contributed by atoms with Crippen LogP contribution in [-0.4, -0.2) is 67.6 Å². The molecule has 26 heavy (non-hydrogen) atoms. The molecule has 8 heteroatoms. The molecule has 1 amide bonds. The van der Waals surface area contributed by atoms with Gasteiger partial charge >= 0.3 is 0 Å². The Labute approximate surface area is 159 Å². The number of anilines is 1. The van der Waals surface area contributed by atoms with Crippen LogP contribution >= 0.6 is 11.3 Å². The van der Waals surface area contributed by atoms with Crippen molar-refractivity contribution in [2.24, 2.45) is 4.99 Å². The zero-order valence-corrected chi connectivity index (χ0v) is 16.5. The van der Waals surface area contributed by atoms with Gasteiger partial charge in [0.05, 0.1) is 5.69 Å². The Balaban J connectivity index is 1.44. The average molecular weight is 379 g/mol. The molecule has 1 aromatic heterocycles. The van der Waals surface area contributed by atoms with Crippen LogP contribution in [0.5, 0.6) is 0 Å². The first-order chi connectivity index (χ1) is 12.8. The predicted octanol–water partition coefficient (Wildman–Crippen LogP) is 1.46. The highest BCUT2D eigenvalue weighted by molar-refractivity contribution is 7.13. The number of nitrogens with zero attached hydrogens (tertiary/aromatic N) is 4. The molecule has 0 radical (unpaired) electrons. The molecule has 2 aliphatic heterocycles. The molecule has 0 aromatic carbocycles. The average Bonchev–Trinajstić information content (AvgIpc) is 3.41. The van der Waals surface area contributed by atoms with Crippen LogP contribution in [0.2, 0.25) is 0 Å². The second-order valence-corrected chi connectivity index (χ2v) is 7.61. The minimum Gasteiger partial charge on any atom is -0.357 e. The van der Waals surface area contributed by atoms with Gasteiger partial charge in [-0.3, -0.25) is 4.79 Å². The summed E-state index contributed by atoms with van der Waals surface area (Å²) in [5.74, 6) is 0.824. The fourth-order valence-electron chi connectivity index (χ4n) is 3.33. The van der Waals surface area contributed by atoms with Crippen molar-refractivity contribution in [3.63, 3.8) is 0 Å². The molecule has 0 saturated carbocycles. The Hall–Kier alpha value is -1.83. The number of rotatable bonds is 7. The van der Waals surface area contributed by atoms with Crippen molar-refractivity contribution >= 4 is 28.3 Å². The number of aliphatic imine (C=N–C) groups is 1.